The van der Waals surface area contributed by atoms with Crippen LogP contribution in [0.25, 0.3) is 0 Å². The zero-order chi connectivity index (χ0) is 9.84. The zero-order valence-corrected chi connectivity index (χ0v) is 7.77. The third kappa shape index (κ3) is 1.96. The summed E-state index contributed by atoms with van der Waals surface area (Å²) in [5, 5.41) is 0.0149. The van der Waals surface area contributed by atoms with Gasteiger partial charge in [0.2, 0.25) is 0 Å². The SMILES string of the molecule is CN=C(NN)c1cccc(F)c1Cl. The average molecular weight is 202 g/mol. The minimum atomic E-state index is -0.490. The van der Waals surface area contributed by atoms with Crippen molar-refractivity contribution in [2.24, 2.45) is 10.8 Å². The Morgan fingerprint density at radius 2 is 2.31 bits per heavy atom. The molecule has 0 fully saturated rings. The summed E-state index contributed by atoms with van der Waals surface area (Å²) >= 11 is 5.69. The number of nitrogens with two attached hydrogens (primary N) is 1. The molecule has 0 unspecified atom stereocenters. The number of hydrogen-bond acceptors (Lipinski definition) is 2. The number of hydrazine groups is 1. The maximum Gasteiger partial charge on any atom is 0.143 e. The summed E-state index contributed by atoms with van der Waals surface area (Å²) in [6.07, 6.45) is 0. The van der Waals surface area contributed by atoms with Crippen molar-refractivity contribution in [3.8, 4) is 0 Å². The predicted molar refractivity (Wildman–Crippen MR) is 51.2 cm³/mol. The molecule has 3 N–H and O–H groups in total. The number of nitrogens with one attached hydrogen (secondary N) is 1. The van der Waals surface area contributed by atoms with E-state index in [0.717, 1.165) is 0 Å². The summed E-state index contributed by atoms with van der Waals surface area (Å²) in [5.74, 6) is 5.03. The van der Waals surface area contributed by atoms with Gasteiger partial charge in [0.1, 0.15) is 11.7 Å². The first-order chi connectivity index (χ1) is 6.20. The largest absolute Gasteiger partial charge is 0.308 e. The van der Waals surface area contributed by atoms with Crippen LogP contribution in [0.2, 0.25) is 5.02 Å². The molecular weight excluding hydrogens is 193 g/mol. The predicted octanol–water partition coefficient (Wildman–Crippen LogP) is 1.32. The van der Waals surface area contributed by atoms with Crippen molar-refractivity contribution in [1.82, 2.24) is 5.43 Å². The molecule has 0 atom stereocenters. The number of aliphatic imine (C=N–C) groups is 1. The molecule has 0 bridgehead atoms. The van der Waals surface area contributed by atoms with E-state index in [2.05, 4.69) is 10.4 Å². The molecule has 5 heteroatoms. The first-order valence-electron chi connectivity index (χ1n) is 3.58. The van der Waals surface area contributed by atoms with Crippen molar-refractivity contribution < 1.29 is 4.39 Å². The normalized spacial score (nSPS) is 11.5. The number of benzene rings is 1. The molecule has 70 valence electrons. The van der Waals surface area contributed by atoms with E-state index in [1.165, 1.54) is 13.1 Å². The van der Waals surface area contributed by atoms with Crippen LogP contribution in [0.4, 0.5) is 4.39 Å². The number of amidine groups is 1. The third-order valence-corrected chi connectivity index (χ3v) is 1.95. The maximum atomic E-state index is 13.0. The number of hydrogen-bond donors (Lipinski definition) is 2. The van der Waals surface area contributed by atoms with Crippen LogP contribution in [-0.2, 0) is 0 Å². The lowest BCUT2D eigenvalue weighted by molar-refractivity contribution is 0.628. The molecule has 0 aliphatic heterocycles. The van der Waals surface area contributed by atoms with E-state index in [1.54, 1.807) is 12.1 Å². The molecule has 0 aliphatic carbocycles. The molecule has 0 saturated carbocycles. The summed E-state index contributed by atoms with van der Waals surface area (Å²) in [7, 11) is 1.54. The molecule has 0 aliphatic rings. The van der Waals surface area contributed by atoms with Crippen LogP contribution in [0.1, 0.15) is 5.56 Å². The Balaban J connectivity index is 3.22. The lowest BCUT2D eigenvalue weighted by Crippen LogP contribution is -2.31. The molecule has 0 amide bonds. The van der Waals surface area contributed by atoms with E-state index in [-0.39, 0.29) is 5.02 Å². The Morgan fingerprint density at radius 1 is 1.62 bits per heavy atom. The van der Waals surface area contributed by atoms with E-state index in [1.807, 2.05) is 0 Å². The summed E-state index contributed by atoms with van der Waals surface area (Å²) < 4.78 is 13.0. The van der Waals surface area contributed by atoms with Crippen LogP contribution in [-0.4, -0.2) is 12.9 Å². The number of nitrogens with zero attached hydrogens (tertiary/aromatic N) is 1. The number of rotatable bonds is 1. The second-order valence-corrected chi connectivity index (χ2v) is 2.70. The second-order valence-electron chi connectivity index (χ2n) is 2.32. The Bertz CT molecular complexity index is 338. The quantitative estimate of drug-likeness (QED) is 0.312. The van der Waals surface area contributed by atoms with Crippen molar-refractivity contribution in [2.45, 2.75) is 0 Å². The summed E-state index contributed by atoms with van der Waals surface area (Å²) in [4.78, 5) is 3.81. The van der Waals surface area contributed by atoms with E-state index in [0.29, 0.717) is 11.4 Å². The molecule has 0 aromatic heterocycles. The monoisotopic (exact) mass is 201 g/mol. The Kier molecular flexibility index (Phi) is 3.22. The van der Waals surface area contributed by atoms with Crippen LogP contribution < -0.4 is 11.3 Å². The van der Waals surface area contributed by atoms with Gasteiger partial charge in [0.05, 0.1) is 5.02 Å². The smallest absolute Gasteiger partial charge is 0.143 e. The lowest BCUT2D eigenvalue weighted by atomic mass is 10.2. The van der Waals surface area contributed by atoms with Crippen molar-refractivity contribution in [3.05, 3.63) is 34.6 Å². The van der Waals surface area contributed by atoms with E-state index >= 15 is 0 Å². The van der Waals surface area contributed by atoms with E-state index in [9.17, 15) is 4.39 Å². The van der Waals surface area contributed by atoms with Gasteiger partial charge in [0.25, 0.3) is 0 Å². The van der Waals surface area contributed by atoms with Crippen molar-refractivity contribution in [2.75, 3.05) is 7.05 Å². The average Bonchev–Trinajstić information content (AvgIpc) is 2.14. The first-order valence-corrected chi connectivity index (χ1v) is 3.96. The van der Waals surface area contributed by atoms with Gasteiger partial charge in [-0.3, -0.25) is 4.99 Å². The minimum Gasteiger partial charge on any atom is -0.308 e. The Morgan fingerprint density at radius 3 is 2.85 bits per heavy atom. The lowest BCUT2D eigenvalue weighted by Gasteiger charge is -2.06. The van der Waals surface area contributed by atoms with Gasteiger partial charge >= 0.3 is 0 Å². The summed E-state index contributed by atoms with van der Waals surface area (Å²) in [6, 6.07) is 4.45. The highest BCUT2D eigenvalue weighted by molar-refractivity contribution is 6.34. The fourth-order valence-corrected chi connectivity index (χ4v) is 1.16. The van der Waals surface area contributed by atoms with Gasteiger partial charge in [-0.25, -0.2) is 10.2 Å². The van der Waals surface area contributed by atoms with E-state index in [4.69, 9.17) is 17.4 Å². The zero-order valence-electron chi connectivity index (χ0n) is 7.01. The molecule has 1 aromatic carbocycles. The fraction of sp³-hybridized carbons (Fsp3) is 0.125. The molecule has 13 heavy (non-hydrogen) atoms. The molecular formula is C8H9ClFN3. The van der Waals surface area contributed by atoms with Gasteiger partial charge in [-0.2, -0.15) is 0 Å². The first kappa shape index (κ1) is 9.95. The van der Waals surface area contributed by atoms with Crippen molar-refractivity contribution in [1.29, 1.82) is 0 Å². The van der Waals surface area contributed by atoms with Crippen molar-refractivity contribution >= 4 is 17.4 Å². The van der Waals surface area contributed by atoms with Crippen LogP contribution in [0.3, 0.4) is 0 Å². The Hall–Kier alpha value is -1.13. The Labute approximate surface area is 80.4 Å². The van der Waals surface area contributed by atoms with Gasteiger partial charge in [-0.05, 0) is 12.1 Å². The van der Waals surface area contributed by atoms with E-state index < -0.39 is 5.82 Å². The van der Waals surface area contributed by atoms with Crippen LogP contribution in [0.5, 0.6) is 0 Å². The standard InChI is InChI=1S/C8H9ClFN3/c1-12-8(13-11)5-3-2-4-6(10)7(5)9/h2-4H,11H2,1H3,(H,12,13). The highest BCUT2D eigenvalue weighted by atomic mass is 35.5. The van der Waals surface area contributed by atoms with Gasteiger partial charge in [0.15, 0.2) is 0 Å². The third-order valence-electron chi connectivity index (χ3n) is 1.57. The fourth-order valence-electron chi connectivity index (χ4n) is 0.949. The van der Waals surface area contributed by atoms with Crippen LogP contribution in [0, 0.1) is 5.82 Å². The molecule has 0 saturated heterocycles. The molecule has 1 aromatic rings. The van der Waals surface area contributed by atoms with Gasteiger partial charge in [-0.15, -0.1) is 0 Å². The maximum absolute atomic E-state index is 13.0. The van der Waals surface area contributed by atoms with Gasteiger partial charge in [-0.1, -0.05) is 17.7 Å². The molecule has 3 nitrogen and oxygen atoms in total. The van der Waals surface area contributed by atoms with Crippen LogP contribution in [0.15, 0.2) is 23.2 Å². The molecule has 1 rings (SSSR count). The van der Waals surface area contributed by atoms with Gasteiger partial charge < -0.3 is 5.43 Å². The molecule has 0 heterocycles. The summed E-state index contributed by atoms with van der Waals surface area (Å²) in [5.41, 5.74) is 2.79. The van der Waals surface area contributed by atoms with Gasteiger partial charge in [0, 0.05) is 12.6 Å². The molecule has 0 radical (unpaired) electrons. The second kappa shape index (κ2) is 4.20. The molecule has 0 spiro atoms. The minimum absolute atomic E-state index is 0.0149. The number of halogens is 2. The summed E-state index contributed by atoms with van der Waals surface area (Å²) in [6.45, 7) is 0. The van der Waals surface area contributed by atoms with Crippen LogP contribution >= 0.6 is 11.6 Å². The topological polar surface area (TPSA) is 50.4 Å². The highest BCUT2D eigenvalue weighted by Gasteiger charge is 2.09. The van der Waals surface area contributed by atoms with Crippen molar-refractivity contribution in [3.63, 3.8) is 0 Å². The highest BCUT2D eigenvalue weighted by Crippen LogP contribution is 2.19.